The summed E-state index contributed by atoms with van der Waals surface area (Å²) in [6, 6.07) is 50.4. The molecule has 0 saturated carbocycles. The van der Waals surface area contributed by atoms with Crippen molar-refractivity contribution in [3.8, 4) is 10.4 Å². The van der Waals surface area contributed by atoms with Crippen molar-refractivity contribution >= 4 is 56.5 Å². The molecule has 37 heavy (non-hydrogen) atoms. The molecule has 0 aliphatic rings. The molecule has 1 aromatic heterocycles. The van der Waals surface area contributed by atoms with E-state index < -0.39 is 6.89 Å². The molecule has 0 unspecified atom stereocenters. The highest BCUT2D eigenvalue weighted by atomic mass is 32.1. The van der Waals surface area contributed by atoms with Gasteiger partial charge in [0.05, 0.1) is 4.88 Å². The molecule has 0 saturated heterocycles. The maximum absolute atomic E-state index is 14.0. The average Bonchev–Trinajstić information content (AvgIpc) is 3.48. The van der Waals surface area contributed by atoms with E-state index in [1.807, 2.05) is 30.1 Å². The fraction of sp³-hybridized carbons (Fsp3) is 0. The Morgan fingerprint density at radius 2 is 1.05 bits per heavy atom. The summed E-state index contributed by atoms with van der Waals surface area (Å²) < 4.78 is 0. The smallest absolute Gasteiger partial charge is 0.196 e. The third-order valence-electron chi connectivity index (χ3n) is 6.68. The molecule has 0 bridgehead atoms. The molecular formula is C34H25OPS. The van der Waals surface area contributed by atoms with E-state index in [0.29, 0.717) is 0 Å². The van der Waals surface area contributed by atoms with Crippen LogP contribution in [0.4, 0.5) is 0 Å². The number of Topliss-reactive ketones (excluding diaryl/α,β-unsaturated/α-hetero) is 1. The van der Waals surface area contributed by atoms with Crippen LogP contribution in [0.5, 0.6) is 0 Å². The lowest BCUT2D eigenvalue weighted by Gasteiger charge is -2.28. The lowest BCUT2D eigenvalue weighted by atomic mass is 10.1. The number of benzene rings is 5. The minimum atomic E-state index is -2.34. The first-order valence-electron chi connectivity index (χ1n) is 12.3. The van der Waals surface area contributed by atoms with E-state index in [9.17, 15) is 4.79 Å². The Labute approximate surface area is 221 Å². The number of thiophene rings is 1. The van der Waals surface area contributed by atoms with Crippen LogP contribution in [0.3, 0.4) is 0 Å². The first kappa shape index (κ1) is 23.4. The quantitative estimate of drug-likeness (QED) is 0.166. The Kier molecular flexibility index (Phi) is 6.45. The van der Waals surface area contributed by atoms with Gasteiger partial charge >= 0.3 is 0 Å². The molecule has 0 spiro atoms. The van der Waals surface area contributed by atoms with Crippen LogP contribution in [0, 0.1) is 0 Å². The van der Waals surface area contributed by atoms with Crippen molar-refractivity contribution in [1.82, 2.24) is 0 Å². The summed E-state index contributed by atoms with van der Waals surface area (Å²) >= 11 is 1.57. The van der Waals surface area contributed by atoms with Gasteiger partial charge in [0.15, 0.2) is 5.78 Å². The molecule has 1 nitrogen and oxygen atoms in total. The Balaban J connectivity index is 1.51. The summed E-state index contributed by atoms with van der Waals surface area (Å²) in [5.41, 5.74) is 1.14. The predicted octanol–water partition coefficient (Wildman–Crippen LogP) is 7.55. The molecular weight excluding hydrogens is 487 g/mol. The molecule has 6 rings (SSSR count). The maximum Gasteiger partial charge on any atom is 0.196 e. The second-order valence-corrected chi connectivity index (χ2v) is 13.3. The van der Waals surface area contributed by atoms with E-state index in [1.54, 1.807) is 11.3 Å². The highest BCUT2D eigenvalue weighted by molar-refractivity contribution is 7.95. The summed E-state index contributed by atoms with van der Waals surface area (Å²) in [6.07, 6.45) is 0. The molecule has 178 valence electrons. The van der Waals surface area contributed by atoms with Crippen LogP contribution in [0.25, 0.3) is 21.2 Å². The van der Waals surface area contributed by atoms with Crippen LogP contribution in [0.15, 0.2) is 146 Å². The summed E-state index contributed by atoms with van der Waals surface area (Å²) in [6.45, 7) is -2.34. The average molecular weight is 513 g/mol. The highest BCUT2D eigenvalue weighted by Gasteiger charge is 2.27. The van der Waals surface area contributed by atoms with Crippen molar-refractivity contribution in [2.24, 2.45) is 0 Å². The van der Waals surface area contributed by atoms with Crippen LogP contribution in [-0.2, 0) is 0 Å². The Bertz CT molecular complexity index is 1630. The van der Waals surface area contributed by atoms with Gasteiger partial charge in [-0.15, -0.1) is 11.3 Å². The van der Waals surface area contributed by atoms with Gasteiger partial charge in [0.25, 0.3) is 0 Å². The zero-order chi connectivity index (χ0) is 25.1. The van der Waals surface area contributed by atoms with Crippen LogP contribution >= 0.6 is 18.2 Å². The van der Waals surface area contributed by atoms with Crippen LogP contribution in [0.2, 0.25) is 0 Å². The normalized spacial score (nSPS) is 11.4. The minimum absolute atomic E-state index is 0.0712. The van der Waals surface area contributed by atoms with Crippen LogP contribution < -0.4 is 15.9 Å². The number of rotatable bonds is 6. The van der Waals surface area contributed by atoms with Crippen LogP contribution in [-0.4, -0.2) is 11.6 Å². The number of ketones is 1. The monoisotopic (exact) mass is 512 g/mol. The lowest BCUT2D eigenvalue weighted by Crippen LogP contribution is -2.28. The molecule has 0 radical (unpaired) electrons. The van der Waals surface area contributed by atoms with Gasteiger partial charge in [0.2, 0.25) is 0 Å². The van der Waals surface area contributed by atoms with E-state index in [2.05, 4.69) is 121 Å². The van der Waals surface area contributed by atoms with Gasteiger partial charge in [-0.1, -0.05) is 127 Å². The van der Waals surface area contributed by atoms with Gasteiger partial charge in [-0.2, -0.15) is 0 Å². The number of hydrogen-bond acceptors (Lipinski definition) is 2. The Hall–Kier alpha value is -3.97. The first-order valence-corrected chi connectivity index (χ1v) is 15.0. The molecule has 0 fully saturated rings. The molecule has 0 aliphatic heterocycles. The van der Waals surface area contributed by atoms with Crippen molar-refractivity contribution in [3.63, 3.8) is 0 Å². The van der Waals surface area contributed by atoms with E-state index in [0.717, 1.165) is 15.3 Å². The van der Waals surface area contributed by atoms with Crippen molar-refractivity contribution in [1.29, 1.82) is 0 Å². The van der Waals surface area contributed by atoms with E-state index >= 15 is 0 Å². The zero-order valence-electron chi connectivity index (χ0n) is 20.2. The number of carbonyl (C=O) groups is 1. The first-order chi connectivity index (χ1) is 18.2. The van der Waals surface area contributed by atoms with E-state index in [4.69, 9.17) is 0 Å². The van der Waals surface area contributed by atoms with E-state index in [-0.39, 0.29) is 5.78 Å². The molecule has 0 amide bonds. The summed E-state index contributed by atoms with van der Waals surface area (Å²) in [7, 11) is 0. The van der Waals surface area contributed by atoms with Gasteiger partial charge in [-0.05, 0) is 63.1 Å². The zero-order valence-corrected chi connectivity index (χ0v) is 21.9. The van der Waals surface area contributed by atoms with Gasteiger partial charge in [0.1, 0.15) is 0 Å². The minimum Gasteiger partial charge on any atom is -0.288 e. The van der Waals surface area contributed by atoms with E-state index in [1.165, 1.54) is 26.7 Å². The highest BCUT2D eigenvalue weighted by Crippen LogP contribution is 2.44. The third-order valence-corrected chi connectivity index (χ3v) is 11.8. The fourth-order valence-electron chi connectivity index (χ4n) is 4.87. The Morgan fingerprint density at radius 3 is 1.62 bits per heavy atom. The SMILES string of the molecule is O=C(C=P(c1ccccc1)(c1ccccc1)c1ccccc1)c1ccc(-c2ccc3ccccc3c2)s1. The standard InChI is InChI=1S/C34H25OPS/c35-32(34-23-22-33(37-34)28-21-20-26-12-10-11-13-27(26)24-28)25-36(29-14-4-1-5-15-29,30-16-6-2-7-17-30)31-18-8-3-9-19-31/h1-25H. The topological polar surface area (TPSA) is 17.1 Å². The number of carbonyl (C=O) groups excluding carboxylic acids is 1. The maximum atomic E-state index is 14.0. The summed E-state index contributed by atoms with van der Waals surface area (Å²) in [4.78, 5) is 15.9. The lowest BCUT2D eigenvalue weighted by molar-refractivity contribution is 0.107. The molecule has 1 heterocycles. The molecule has 3 heteroatoms. The third kappa shape index (κ3) is 4.51. The fourth-order valence-corrected chi connectivity index (χ4v) is 9.63. The van der Waals surface area contributed by atoms with Crippen LogP contribution in [0.1, 0.15) is 9.67 Å². The second-order valence-electron chi connectivity index (χ2n) is 8.95. The van der Waals surface area contributed by atoms with Gasteiger partial charge < -0.3 is 0 Å². The molecule has 0 N–H and O–H groups in total. The molecule has 5 aromatic carbocycles. The molecule has 0 atom stereocenters. The van der Waals surface area contributed by atoms with Crippen molar-refractivity contribution < 1.29 is 4.79 Å². The second kappa shape index (κ2) is 10.2. The molecule has 0 aliphatic carbocycles. The van der Waals surface area contributed by atoms with Crippen molar-refractivity contribution in [2.45, 2.75) is 0 Å². The van der Waals surface area contributed by atoms with Gasteiger partial charge in [-0.25, -0.2) is 0 Å². The number of hydrogen-bond donors (Lipinski definition) is 0. The predicted molar refractivity (Wildman–Crippen MR) is 163 cm³/mol. The largest absolute Gasteiger partial charge is 0.288 e. The van der Waals surface area contributed by atoms with Crippen molar-refractivity contribution in [2.75, 3.05) is 0 Å². The Morgan fingerprint density at radius 1 is 0.541 bits per heavy atom. The molecule has 6 aromatic rings. The van der Waals surface area contributed by atoms with Gasteiger partial charge in [-0.3, -0.25) is 4.79 Å². The van der Waals surface area contributed by atoms with Crippen molar-refractivity contribution in [3.05, 3.63) is 150 Å². The summed E-state index contributed by atoms with van der Waals surface area (Å²) in [5.74, 6) is 2.09. The number of fused-ring (bicyclic) bond motifs is 1. The van der Waals surface area contributed by atoms with Gasteiger partial charge in [0, 0.05) is 4.88 Å². The summed E-state index contributed by atoms with van der Waals surface area (Å²) in [5, 5.41) is 5.94.